The minimum atomic E-state index is -0.0901. The summed E-state index contributed by atoms with van der Waals surface area (Å²) in [6, 6.07) is 0. The largest absolute Gasteiger partial charge is 0.299 e. The molecule has 1 heterocycles. The van der Waals surface area contributed by atoms with Crippen molar-refractivity contribution in [2.75, 3.05) is 11.5 Å². The van der Waals surface area contributed by atoms with Gasteiger partial charge in [0.1, 0.15) is 5.78 Å². The lowest BCUT2D eigenvalue weighted by atomic mass is 9.65. The Morgan fingerprint density at radius 1 is 1.19 bits per heavy atom. The fraction of sp³-hybridized carbons (Fsp3) is 0.769. The van der Waals surface area contributed by atoms with Crippen LogP contribution in [-0.2, 0) is 4.79 Å². The van der Waals surface area contributed by atoms with Crippen LogP contribution >= 0.6 is 23.5 Å². The number of ketones is 1. The summed E-state index contributed by atoms with van der Waals surface area (Å²) < 4.78 is 0.340. The number of thioether (sulfide) groups is 2. The van der Waals surface area contributed by atoms with E-state index >= 15 is 0 Å². The summed E-state index contributed by atoms with van der Waals surface area (Å²) in [6.07, 6.45) is 7.78. The quantitative estimate of drug-likeness (QED) is 0.614. The van der Waals surface area contributed by atoms with E-state index in [0.717, 1.165) is 25.7 Å². The Bertz CT molecular complexity index is 355. The fourth-order valence-electron chi connectivity index (χ4n) is 3.16. The molecule has 2 aliphatic carbocycles. The van der Waals surface area contributed by atoms with Crippen LogP contribution in [0.5, 0.6) is 0 Å². The maximum absolute atomic E-state index is 12.1. The van der Waals surface area contributed by atoms with Crippen LogP contribution in [0, 0.1) is 5.41 Å². The van der Waals surface area contributed by atoms with Gasteiger partial charge in [-0.15, -0.1) is 23.5 Å². The molecule has 0 N–H and O–H groups in total. The van der Waals surface area contributed by atoms with Crippen molar-refractivity contribution in [2.24, 2.45) is 5.41 Å². The summed E-state index contributed by atoms with van der Waals surface area (Å²) in [4.78, 5) is 12.1. The normalized spacial score (nSPS) is 37.3. The molecule has 0 radical (unpaired) electrons. The molecular weight excluding hydrogens is 236 g/mol. The number of allylic oxidation sites excluding steroid dienone is 1. The Morgan fingerprint density at radius 2 is 1.94 bits per heavy atom. The molecule has 1 nitrogen and oxygen atoms in total. The molecule has 1 saturated heterocycles. The molecule has 0 bridgehead atoms. The van der Waals surface area contributed by atoms with Gasteiger partial charge in [-0.25, -0.2) is 0 Å². The Kier molecular flexibility index (Phi) is 2.67. The number of carbonyl (C=O) groups excluding carboxylic acids is 1. The number of hydrogen-bond acceptors (Lipinski definition) is 3. The number of Topliss-reactive ketones (excluding diaryl/α,β-unsaturated/α-hetero) is 1. The highest BCUT2D eigenvalue weighted by Crippen LogP contribution is 2.57. The van der Waals surface area contributed by atoms with Crippen molar-refractivity contribution in [2.45, 2.75) is 43.1 Å². The van der Waals surface area contributed by atoms with Gasteiger partial charge in [-0.1, -0.05) is 11.6 Å². The molecule has 0 aromatic heterocycles. The fourth-order valence-corrected chi connectivity index (χ4v) is 6.30. The first-order valence-corrected chi connectivity index (χ1v) is 8.15. The molecule has 1 aliphatic heterocycles. The van der Waals surface area contributed by atoms with Crippen molar-refractivity contribution < 1.29 is 4.79 Å². The highest BCUT2D eigenvalue weighted by atomic mass is 32.2. The van der Waals surface area contributed by atoms with E-state index in [1.165, 1.54) is 23.5 Å². The number of hydrogen-bond donors (Lipinski definition) is 0. The average molecular weight is 254 g/mol. The zero-order valence-electron chi connectivity index (χ0n) is 9.75. The maximum Gasteiger partial charge on any atom is 0.142 e. The van der Waals surface area contributed by atoms with E-state index in [1.54, 1.807) is 0 Å². The van der Waals surface area contributed by atoms with Gasteiger partial charge in [0.2, 0.25) is 0 Å². The first kappa shape index (κ1) is 11.2. The molecule has 0 amide bonds. The Labute approximate surface area is 106 Å². The number of rotatable bonds is 0. The third kappa shape index (κ3) is 1.59. The van der Waals surface area contributed by atoms with Gasteiger partial charge in [0.25, 0.3) is 0 Å². The standard InChI is InChI=1S/C13H18OS2/c1-12-5-6-13(15-7-8-16-13)9-10(12)3-2-4-11(12)14/h9H,2-8H2,1H3/t12-/m0/s1. The van der Waals surface area contributed by atoms with Gasteiger partial charge in [0, 0.05) is 23.3 Å². The smallest absolute Gasteiger partial charge is 0.142 e. The summed E-state index contributed by atoms with van der Waals surface area (Å²) in [7, 11) is 0. The molecule has 0 aromatic carbocycles. The number of carbonyl (C=O) groups is 1. The topological polar surface area (TPSA) is 17.1 Å². The third-order valence-electron chi connectivity index (χ3n) is 4.32. The van der Waals surface area contributed by atoms with Crippen LogP contribution in [0.1, 0.15) is 39.0 Å². The van der Waals surface area contributed by atoms with Crippen molar-refractivity contribution in [3.8, 4) is 0 Å². The number of fused-ring (bicyclic) bond motifs is 1. The highest BCUT2D eigenvalue weighted by molar-refractivity contribution is 8.21. The molecule has 3 aliphatic rings. The van der Waals surface area contributed by atoms with Crippen molar-refractivity contribution in [3.05, 3.63) is 11.6 Å². The highest BCUT2D eigenvalue weighted by Gasteiger charge is 2.47. The third-order valence-corrected chi connectivity index (χ3v) is 7.72. The molecule has 2 fully saturated rings. The second-order valence-electron chi connectivity index (χ2n) is 5.29. The van der Waals surface area contributed by atoms with E-state index in [1.807, 2.05) is 0 Å². The van der Waals surface area contributed by atoms with Crippen molar-refractivity contribution in [1.29, 1.82) is 0 Å². The van der Waals surface area contributed by atoms with Crippen LogP contribution in [-0.4, -0.2) is 21.4 Å². The van der Waals surface area contributed by atoms with Gasteiger partial charge in [0.15, 0.2) is 0 Å². The van der Waals surface area contributed by atoms with Crippen molar-refractivity contribution >= 4 is 29.3 Å². The lowest BCUT2D eigenvalue weighted by molar-refractivity contribution is -0.128. The summed E-state index contributed by atoms with van der Waals surface area (Å²) in [6.45, 7) is 2.18. The van der Waals surface area contributed by atoms with E-state index in [-0.39, 0.29) is 5.41 Å². The Morgan fingerprint density at radius 3 is 2.69 bits per heavy atom. The lowest BCUT2D eigenvalue weighted by Gasteiger charge is -2.43. The monoisotopic (exact) mass is 254 g/mol. The SMILES string of the molecule is C[C@]12CCC3(C=C1CCCC2=O)SCCS3. The zero-order valence-corrected chi connectivity index (χ0v) is 11.4. The molecule has 3 heteroatoms. The first-order valence-electron chi connectivity index (χ1n) is 6.18. The average Bonchev–Trinajstić information content (AvgIpc) is 2.71. The molecule has 3 rings (SSSR count). The zero-order chi connectivity index (χ0) is 11.2. The van der Waals surface area contributed by atoms with Crippen LogP contribution in [0.2, 0.25) is 0 Å². The molecule has 0 unspecified atom stereocenters. The van der Waals surface area contributed by atoms with Crippen LogP contribution in [0.4, 0.5) is 0 Å². The summed E-state index contributed by atoms with van der Waals surface area (Å²) in [5.74, 6) is 3.05. The molecule has 1 atom stereocenters. The van der Waals surface area contributed by atoms with Crippen molar-refractivity contribution in [3.63, 3.8) is 0 Å². The second kappa shape index (κ2) is 3.81. The molecule has 1 saturated carbocycles. The summed E-state index contributed by atoms with van der Waals surface area (Å²) in [5.41, 5.74) is 1.37. The maximum atomic E-state index is 12.1. The predicted molar refractivity (Wildman–Crippen MR) is 71.9 cm³/mol. The van der Waals surface area contributed by atoms with Gasteiger partial charge in [0.05, 0.1) is 4.08 Å². The molecule has 16 heavy (non-hydrogen) atoms. The summed E-state index contributed by atoms with van der Waals surface area (Å²) in [5, 5.41) is 0. The lowest BCUT2D eigenvalue weighted by Crippen LogP contribution is -2.39. The predicted octanol–water partition coefficient (Wildman–Crippen LogP) is 3.64. The van der Waals surface area contributed by atoms with Crippen LogP contribution in [0.3, 0.4) is 0 Å². The van der Waals surface area contributed by atoms with Gasteiger partial charge in [-0.3, -0.25) is 4.79 Å². The van der Waals surface area contributed by atoms with E-state index in [9.17, 15) is 4.79 Å². The Balaban J connectivity index is 1.96. The van der Waals surface area contributed by atoms with E-state index < -0.39 is 0 Å². The van der Waals surface area contributed by atoms with Crippen molar-refractivity contribution in [1.82, 2.24) is 0 Å². The first-order chi connectivity index (χ1) is 7.65. The van der Waals surface area contributed by atoms with Crippen LogP contribution in [0.25, 0.3) is 0 Å². The van der Waals surface area contributed by atoms with Crippen LogP contribution in [0.15, 0.2) is 11.6 Å². The molecule has 88 valence electrons. The van der Waals surface area contributed by atoms with Gasteiger partial charge < -0.3 is 0 Å². The molecule has 0 aromatic rings. The minimum Gasteiger partial charge on any atom is -0.299 e. The molecular formula is C13H18OS2. The summed E-state index contributed by atoms with van der Waals surface area (Å²) >= 11 is 4.19. The second-order valence-corrected chi connectivity index (χ2v) is 8.40. The molecule has 1 spiro atoms. The van der Waals surface area contributed by atoms with E-state index in [4.69, 9.17) is 0 Å². The van der Waals surface area contributed by atoms with Gasteiger partial charge >= 0.3 is 0 Å². The van der Waals surface area contributed by atoms with Gasteiger partial charge in [-0.05, 0) is 32.6 Å². The van der Waals surface area contributed by atoms with Gasteiger partial charge in [-0.2, -0.15) is 0 Å². The Hall–Kier alpha value is 0.110. The van der Waals surface area contributed by atoms with E-state index in [0.29, 0.717) is 9.86 Å². The van der Waals surface area contributed by atoms with E-state index in [2.05, 4.69) is 36.5 Å². The van der Waals surface area contributed by atoms with Crippen LogP contribution < -0.4 is 0 Å². The minimum absolute atomic E-state index is 0.0901.